The molecule has 1 fully saturated rings. The number of carbonyl (C=O) groups excluding carboxylic acids is 2. The zero-order valence-electron chi connectivity index (χ0n) is 16.3. The van der Waals surface area contributed by atoms with Gasteiger partial charge in [0.05, 0.1) is 12.6 Å². The highest BCUT2D eigenvalue weighted by Crippen LogP contribution is 2.23. The largest absolute Gasteiger partial charge is 0.383 e. The summed E-state index contributed by atoms with van der Waals surface area (Å²) in [6.45, 7) is 3.00. The van der Waals surface area contributed by atoms with Crippen molar-refractivity contribution in [2.24, 2.45) is 0 Å². The molecule has 1 aliphatic rings. The lowest BCUT2D eigenvalue weighted by Crippen LogP contribution is -2.46. The highest BCUT2D eigenvalue weighted by Gasteiger charge is 2.29. The van der Waals surface area contributed by atoms with Gasteiger partial charge in [-0.2, -0.15) is 0 Å². The van der Waals surface area contributed by atoms with Crippen molar-refractivity contribution in [1.29, 1.82) is 0 Å². The molecular formula is C23H28N2O3. The lowest BCUT2D eigenvalue weighted by molar-refractivity contribution is -0.146. The smallest absolute Gasteiger partial charge is 0.251 e. The molecule has 1 heterocycles. The molecule has 3 rings (SSSR count). The van der Waals surface area contributed by atoms with Crippen molar-refractivity contribution in [3.8, 4) is 0 Å². The van der Waals surface area contributed by atoms with Crippen LogP contribution in [0.4, 0.5) is 0 Å². The van der Waals surface area contributed by atoms with Crippen LogP contribution in [0.5, 0.6) is 0 Å². The molecule has 2 atom stereocenters. The van der Waals surface area contributed by atoms with Crippen LogP contribution in [0.2, 0.25) is 0 Å². The van der Waals surface area contributed by atoms with Crippen LogP contribution in [-0.4, -0.2) is 45.9 Å². The van der Waals surface area contributed by atoms with E-state index < -0.39 is 6.10 Å². The Morgan fingerprint density at radius 3 is 2.43 bits per heavy atom. The number of rotatable bonds is 6. The molecule has 5 nitrogen and oxygen atoms in total. The molecule has 2 amide bonds. The molecule has 1 unspecified atom stereocenters. The maximum atomic E-state index is 13.2. The maximum Gasteiger partial charge on any atom is 0.251 e. The van der Waals surface area contributed by atoms with Crippen molar-refractivity contribution in [3.63, 3.8) is 0 Å². The molecule has 5 heteroatoms. The van der Waals surface area contributed by atoms with Crippen molar-refractivity contribution in [1.82, 2.24) is 9.80 Å². The summed E-state index contributed by atoms with van der Waals surface area (Å²) in [5.74, 6) is -0.444. The van der Waals surface area contributed by atoms with Crippen LogP contribution in [-0.2, 0) is 16.1 Å². The standard InChI is InChI=1S/C23H28N2O3/c1-18(20-12-6-3-7-13-20)25(16-19-10-4-2-5-11-19)22(27)17-24-15-9-8-14-21(26)23(24)28/h2-7,10-13,18,21,26H,8-9,14-17H2,1H3/t18-,21?/m1/s1. The summed E-state index contributed by atoms with van der Waals surface area (Å²) < 4.78 is 0. The number of carbonyl (C=O) groups is 2. The Morgan fingerprint density at radius 1 is 1.11 bits per heavy atom. The molecule has 1 aliphatic heterocycles. The molecule has 148 valence electrons. The van der Waals surface area contributed by atoms with Crippen LogP contribution < -0.4 is 0 Å². The van der Waals surface area contributed by atoms with E-state index in [1.54, 1.807) is 0 Å². The molecule has 0 aromatic heterocycles. The van der Waals surface area contributed by atoms with Crippen molar-refractivity contribution < 1.29 is 14.7 Å². The molecule has 1 N–H and O–H groups in total. The third-order valence-corrected chi connectivity index (χ3v) is 5.34. The lowest BCUT2D eigenvalue weighted by atomic mass is 10.1. The number of hydrogen-bond acceptors (Lipinski definition) is 3. The zero-order chi connectivity index (χ0) is 19.9. The van der Waals surface area contributed by atoms with E-state index in [0.717, 1.165) is 24.0 Å². The lowest BCUT2D eigenvalue weighted by Gasteiger charge is -2.32. The van der Waals surface area contributed by atoms with E-state index in [4.69, 9.17) is 0 Å². The Labute approximate surface area is 166 Å². The minimum absolute atomic E-state index is 0.0000987. The van der Waals surface area contributed by atoms with E-state index in [9.17, 15) is 14.7 Å². The molecule has 2 aromatic carbocycles. The molecule has 0 aliphatic carbocycles. The van der Waals surface area contributed by atoms with Crippen molar-refractivity contribution in [3.05, 3.63) is 71.8 Å². The fourth-order valence-corrected chi connectivity index (χ4v) is 3.63. The summed E-state index contributed by atoms with van der Waals surface area (Å²) in [4.78, 5) is 29.0. The zero-order valence-corrected chi connectivity index (χ0v) is 16.3. The number of aliphatic hydroxyl groups excluding tert-OH is 1. The third kappa shape index (κ3) is 4.98. The monoisotopic (exact) mass is 380 g/mol. The molecule has 1 saturated heterocycles. The van der Waals surface area contributed by atoms with Gasteiger partial charge in [-0.3, -0.25) is 9.59 Å². The summed E-state index contributed by atoms with van der Waals surface area (Å²) in [5, 5.41) is 9.99. The predicted molar refractivity (Wildman–Crippen MR) is 108 cm³/mol. The number of aliphatic hydroxyl groups is 1. The summed E-state index contributed by atoms with van der Waals surface area (Å²) in [7, 11) is 0. The first kappa shape index (κ1) is 20.1. The van der Waals surface area contributed by atoms with Crippen molar-refractivity contribution in [2.45, 2.75) is 44.9 Å². The van der Waals surface area contributed by atoms with E-state index >= 15 is 0 Å². The van der Waals surface area contributed by atoms with E-state index in [2.05, 4.69) is 0 Å². The van der Waals surface area contributed by atoms with Gasteiger partial charge < -0.3 is 14.9 Å². The van der Waals surface area contributed by atoms with Crippen molar-refractivity contribution in [2.75, 3.05) is 13.1 Å². The van der Waals surface area contributed by atoms with Crippen LogP contribution in [0.1, 0.15) is 43.4 Å². The Morgan fingerprint density at radius 2 is 1.75 bits per heavy atom. The quantitative estimate of drug-likeness (QED) is 0.837. The van der Waals surface area contributed by atoms with Gasteiger partial charge in [-0.15, -0.1) is 0 Å². The third-order valence-electron chi connectivity index (χ3n) is 5.34. The maximum absolute atomic E-state index is 13.2. The molecule has 28 heavy (non-hydrogen) atoms. The number of likely N-dealkylation sites (tertiary alicyclic amines) is 1. The average Bonchev–Trinajstić information content (AvgIpc) is 2.88. The summed E-state index contributed by atoms with van der Waals surface area (Å²) >= 11 is 0. The molecule has 0 spiro atoms. The second-order valence-corrected chi connectivity index (χ2v) is 7.37. The Bertz CT molecular complexity index is 779. The van der Waals surface area contributed by atoms with E-state index in [1.807, 2.05) is 72.5 Å². The van der Waals surface area contributed by atoms with E-state index in [1.165, 1.54) is 4.90 Å². The van der Waals surface area contributed by atoms with Gasteiger partial charge in [-0.1, -0.05) is 60.7 Å². The Kier molecular flexibility index (Phi) is 6.82. The summed E-state index contributed by atoms with van der Waals surface area (Å²) in [6, 6.07) is 19.6. The van der Waals surface area contributed by atoms with Gasteiger partial charge in [-0.25, -0.2) is 0 Å². The highest BCUT2D eigenvalue weighted by atomic mass is 16.3. The number of nitrogens with zero attached hydrogens (tertiary/aromatic N) is 2. The van der Waals surface area contributed by atoms with E-state index in [0.29, 0.717) is 19.5 Å². The molecular weight excluding hydrogens is 352 g/mol. The average molecular weight is 380 g/mol. The number of amides is 2. The van der Waals surface area contributed by atoms with Gasteiger partial charge in [0.1, 0.15) is 6.10 Å². The number of hydrogen-bond donors (Lipinski definition) is 1. The molecule has 0 saturated carbocycles. The van der Waals surface area contributed by atoms with Crippen LogP contribution >= 0.6 is 0 Å². The van der Waals surface area contributed by atoms with Crippen molar-refractivity contribution >= 4 is 11.8 Å². The van der Waals surface area contributed by atoms with Gasteiger partial charge in [0.2, 0.25) is 5.91 Å². The second kappa shape index (κ2) is 9.51. The predicted octanol–water partition coefficient (Wildman–Crippen LogP) is 3.15. The van der Waals surface area contributed by atoms with Gasteiger partial charge >= 0.3 is 0 Å². The first-order valence-corrected chi connectivity index (χ1v) is 9.91. The minimum atomic E-state index is -0.996. The Hall–Kier alpha value is -2.66. The highest BCUT2D eigenvalue weighted by molar-refractivity contribution is 5.87. The van der Waals surface area contributed by atoms with Crippen LogP contribution in [0.25, 0.3) is 0 Å². The molecule has 2 aromatic rings. The fraction of sp³-hybridized carbons (Fsp3) is 0.391. The summed E-state index contributed by atoms with van der Waals surface area (Å²) in [5.41, 5.74) is 2.09. The van der Waals surface area contributed by atoms with Gasteiger partial charge in [0, 0.05) is 13.1 Å². The van der Waals surface area contributed by atoms with Crippen LogP contribution in [0.15, 0.2) is 60.7 Å². The topological polar surface area (TPSA) is 60.9 Å². The number of benzene rings is 2. The van der Waals surface area contributed by atoms with Gasteiger partial charge in [-0.05, 0) is 37.3 Å². The van der Waals surface area contributed by atoms with Gasteiger partial charge in [0.15, 0.2) is 0 Å². The fourth-order valence-electron chi connectivity index (χ4n) is 3.63. The molecule has 0 bridgehead atoms. The summed E-state index contributed by atoms with van der Waals surface area (Å²) in [6.07, 6.45) is 1.08. The SMILES string of the molecule is C[C@H](c1ccccc1)N(Cc1ccccc1)C(=O)CN1CCCCC(O)C1=O. The van der Waals surface area contributed by atoms with Crippen LogP contribution in [0, 0.1) is 0 Å². The molecule has 0 radical (unpaired) electrons. The van der Waals surface area contributed by atoms with Gasteiger partial charge in [0.25, 0.3) is 5.91 Å². The van der Waals surface area contributed by atoms with Crippen LogP contribution in [0.3, 0.4) is 0 Å². The normalized spacial score (nSPS) is 18.4. The minimum Gasteiger partial charge on any atom is -0.383 e. The second-order valence-electron chi connectivity index (χ2n) is 7.37. The Balaban J connectivity index is 1.80. The van der Waals surface area contributed by atoms with E-state index in [-0.39, 0.29) is 24.4 Å². The first-order valence-electron chi connectivity index (χ1n) is 9.91. The first-order chi connectivity index (χ1) is 13.6.